The van der Waals surface area contributed by atoms with Gasteiger partial charge in [-0.25, -0.2) is 0 Å². The fraction of sp³-hybridized carbons (Fsp3) is 0.947. The summed E-state index contributed by atoms with van der Waals surface area (Å²) >= 11 is 0. The molecule has 0 saturated carbocycles. The summed E-state index contributed by atoms with van der Waals surface area (Å²) in [6, 6.07) is 0. The highest BCUT2D eigenvalue weighted by atomic mass is 16.5. The van der Waals surface area contributed by atoms with E-state index in [1.165, 1.54) is 77.0 Å². The van der Waals surface area contributed by atoms with E-state index in [1.807, 2.05) is 6.92 Å². The number of esters is 1. The van der Waals surface area contributed by atoms with Crippen LogP contribution in [0.4, 0.5) is 0 Å². The van der Waals surface area contributed by atoms with Crippen molar-refractivity contribution in [2.75, 3.05) is 13.6 Å². The van der Waals surface area contributed by atoms with Crippen LogP contribution >= 0.6 is 0 Å². The summed E-state index contributed by atoms with van der Waals surface area (Å²) in [6.45, 7) is 4.57. The molecule has 0 aliphatic rings. The highest BCUT2D eigenvalue weighted by molar-refractivity contribution is 5.71. The summed E-state index contributed by atoms with van der Waals surface area (Å²) in [4.78, 5) is 11.3. The van der Waals surface area contributed by atoms with Crippen molar-refractivity contribution in [3.63, 3.8) is 0 Å². The van der Waals surface area contributed by atoms with E-state index in [0.29, 0.717) is 6.54 Å². The third-order valence-corrected chi connectivity index (χ3v) is 4.12. The van der Waals surface area contributed by atoms with Crippen LogP contribution in [0.25, 0.3) is 0 Å². The molecule has 0 saturated heterocycles. The molecule has 0 heterocycles. The van der Waals surface area contributed by atoms with E-state index in [9.17, 15) is 4.79 Å². The Kier molecular flexibility index (Phi) is 16.4. The van der Waals surface area contributed by atoms with Gasteiger partial charge in [0.2, 0.25) is 0 Å². The van der Waals surface area contributed by atoms with Gasteiger partial charge in [-0.3, -0.25) is 4.79 Å². The summed E-state index contributed by atoms with van der Waals surface area (Å²) in [5, 5.41) is 2.81. The molecule has 0 aromatic heterocycles. The molecule has 3 nitrogen and oxygen atoms in total. The molecule has 3 heteroatoms. The molecule has 0 aromatic rings. The van der Waals surface area contributed by atoms with Gasteiger partial charge in [-0.15, -0.1) is 0 Å². The Morgan fingerprint density at radius 3 is 1.77 bits per heavy atom. The normalized spacial score (nSPS) is 12.3. The van der Waals surface area contributed by atoms with Crippen LogP contribution in [0.3, 0.4) is 0 Å². The molecular formula is C19H39NO2. The third-order valence-electron chi connectivity index (χ3n) is 4.12. The first-order valence-corrected chi connectivity index (χ1v) is 9.54. The van der Waals surface area contributed by atoms with Crippen LogP contribution in [0.2, 0.25) is 0 Å². The summed E-state index contributed by atoms with van der Waals surface area (Å²) in [5.41, 5.74) is 0. The van der Waals surface area contributed by atoms with Crippen LogP contribution in [-0.2, 0) is 9.53 Å². The maximum Gasteiger partial charge on any atom is 0.320 e. The molecule has 0 aliphatic heterocycles. The van der Waals surface area contributed by atoms with Crippen LogP contribution in [-0.4, -0.2) is 25.7 Å². The van der Waals surface area contributed by atoms with Crippen LogP contribution < -0.4 is 5.32 Å². The third kappa shape index (κ3) is 15.8. The van der Waals surface area contributed by atoms with Gasteiger partial charge in [0, 0.05) is 0 Å². The van der Waals surface area contributed by atoms with Crippen LogP contribution in [0.5, 0.6) is 0 Å². The monoisotopic (exact) mass is 313 g/mol. The molecule has 1 atom stereocenters. The van der Waals surface area contributed by atoms with Crippen LogP contribution in [0.15, 0.2) is 0 Å². The Morgan fingerprint density at radius 2 is 1.32 bits per heavy atom. The van der Waals surface area contributed by atoms with Gasteiger partial charge in [0.15, 0.2) is 0 Å². The SMILES string of the molecule is CCCCCCCCCCCCCCC(C)OC(=O)CNC. The molecule has 22 heavy (non-hydrogen) atoms. The van der Waals surface area contributed by atoms with E-state index in [2.05, 4.69) is 12.2 Å². The smallest absolute Gasteiger partial charge is 0.320 e. The van der Waals surface area contributed by atoms with Crippen molar-refractivity contribution < 1.29 is 9.53 Å². The van der Waals surface area contributed by atoms with Gasteiger partial charge in [-0.1, -0.05) is 77.6 Å². The van der Waals surface area contributed by atoms with E-state index in [0.717, 1.165) is 6.42 Å². The highest BCUT2D eigenvalue weighted by Crippen LogP contribution is 2.13. The van der Waals surface area contributed by atoms with Crippen molar-refractivity contribution in [2.45, 2.75) is 103 Å². The Morgan fingerprint density at radius 1 is 0.864 bits per heavy atom. The zero-order valence-corrected chi connectivity index (χ0v) is 15.3. The lowest BCUT2D eigenvalue weighted by molar-refractivity contribution is -0.147. The Hall–Kier alpha value is -0.570. The van der Waals surface area contributed by atoms with Crippen molar-refractivity contribution in [3.8, 4) is 0 Å². The Bertz CT molecular complexity index is 244. The van der Waals surface area contributed by atoms with Gasteiger partial charge >= 0.3 is 5.97 Å². The van der Waals surface area contributed by atoms with E-state index < -0.39 is 0 Å². The van der Waals surface area contributed by atoms with Crippen molar-refractivity contribution in [2.24, 2.45) is 0 Å². The molecule has 0 radical (unpaired) electrons. The van der Waals surface area contributed by atoms with Gasteiger partial charge < -0.3 is 10.1 Å². The number of hydrogen-bond acceptors (Lipinski definition) is 3. The lowest BCUT2D eigenvalue weighted by atomic mass is 10.0. The molecule has 0 fully saturated rings. The van der Waals surface area contributed by atoms with Crippen molar-refractivity contribution in [3.05, 3.63) is 0 Å². The topological polar surface area (TPSA) is 38.3 Å². The number of carbonyl (C=O) groups excluding carboxylic acids is 1. The van der Waals surface area contributed by atoms with Gasteiger partial charge in [-0.2, -0.15) is 0 Å². The number of hydrogen-bond donors (Lipinski definition) is 1. The number of ether oxygens (including phenoxy) is 1. The lowest BCUT2D eigenvalue weighted by Crippen LogP contribution is -2.24. The molecular weight excluding hydrogens is 274 g/mol. The van der Waals surface area contributed by atoms with Crippen molar-refractivity contribution in [1.29, 1.82) is 0 Å². The van der Waals surface area contributed by atoms with E-state index in [1.54, 1.807) is 7.05 Å². The van der Waals surface area contributed by atoms with E-state index >= 15 is 0 Å². The van der Waals surface area contributed by atoms with E-state index in [4.69, 9.17) is 4.74 Å². The minimum Gasteiger partial charge on any atom is -0.462 e. The second kappa shape index (κ2) is 16.8. The molecule has 1 unspecified atom stereocenters. The van der Waals surface area contributed by atoms with Crippen molar-refractivity contribution >= 4 is 5.97 Å². The van der Waals surface area contributed by atoms with Gasteiger partial charge in [0.25, 0.3) is 0 Å². The average Bonchev–Trinajstić information content (AvgIpc) is 2.48. The summed E-state index contributed by atoms with van der Waals surface area (Å²) in [7, 11) is 1.76. The average molecular weight is 314 g/mol. The summed E-state index contributed by atoms with van der Waals surface area (Å²) in [5.74, 6) is -0.145. The molecule has 0 rings (SSSR count). The standard InChI is InChI=1S/C19H39NO2/c1-4-5-6-7-8-9-10-11-12-13-14-15-16-18(2)22-19(21)17-20-3/h18,20H,4-17H2,1-3H3. The number of carbonyl (C=O) groups is 1. The second-order valence-corrected chi connectivity index (χ2v) is 6.51. The second-order valence-electron chi connectivity index (χ2n) is 6.51. The molecule has 0 bridgehead atoms. The predicted molar refractivity (Wildman–Crippen MR) is 95.2 cm³/mol. The maximum atomic E-state index is 11.3. The molecule has 0 spiro atoms. The first-order chi connectivity index (χ1) is 10.7. The minimum absolute atomic E-state index is 0.0592. The number of rotatable bonds is 16. The molecule has 0 amide bonds. The van der Waals surface area contributed by atoms with Crippen LogP contribution in [0.1, 0.15) is 97.3 Å². The molecule has 0 aromatic carbocycles. The number of likely N-dealkylation sites (N-methyl/N-ethyl adjacent to an activating group) is 1. The summed E-state index contributed by atoms with van der Waals surface area (Å²) < 4.78 is 5.29. The maximum absolute atomic E-state index is 11.3. The molecule has 1 N–H and O–H groups in total. The quantitative estimate of drug-likeness (QED) is 0.313. The first-order valence-electron chi connectivity index (χ1n) is 9.54. The fourth-order valence-electron chi connectivity index (χ4n) is 2.74. The fourth-order valence-corrected chi connectivity index (χ4v) is 2.74. The first kappa shape index (κ1) is 21.4. The minimum atomic E-state index is -0.145. The van der Waals surface area contributed by atoms with Gasteiger partial charge in [0.05, 0.1) is 12.6 Å². The number of unbranched alkanes of at least 4 members (excludes halogenated alkanes) is 11. The van der Waals surface area contributed by atoms with Crippen LogP contribution in [0, 0.1) is 0 Å². The largest absolute Gasteiger partial charge is 0.462 e. The zero-order chi connectivity index (χ0) is 16.5. The lowest BCUT2D eigenvalue weighted by Gasteiger charge is -2.12. The van der Waals surface area contributed by atoms with Gasteiger partial charge in [0.1, 0.15) is 0 Å². The predicted octanol–water partition coefficient (Wildman–Crippen LogP) is 5.23. The Labute approximate surface area is 138 Å². The highest BCUT2D eigenvalue weighted by Gasteiger charge is 2.07. The van der Waals surface area contributed by atoms with E-state index in [-0.39, 0.29) is 12.1 Å². The zero-order valence-electron chi connectivity index (χ0n) is 15.3. The Balaban J connectivity index is 3.18. The number of nitrogens with one attached hydrogen (secondary N) is 1. The van der Waals surface area contributed by atoms with Gasteiger partial charge in [-0.05, 0) is 26.8 Å². The molecule has 0 aliphatic carbocycles. The summed E-state index contributed by atoms with van der Waals surface area (Å²) in [6.07, 6.45) is 17.4. The molecule has 132 valence electrons. The van der Waals surface area contributed by atoms with Crippen molar-refractivity contribution in [1.82, 2.24) is 5.32 Å².